The molecule has 0 aliphatic heterocycles. The SMILES string of the molecule is CCCCCCCCCCCCCCC([SiH3])S. The topological polar surface area (TPSA) is 0 Å². The monoisotopic (exact) mass is 274 g/mol. The summed E-state index contributed by atoms with van der Waals surface area (Å²) in [5, 5.41) is 0. The molecule has 0 aromatic carbocycles. The van der Waals surface area contributed by atoms with E-state index in [4.69, 9.17) is 0 Å². The second-order valence-corrected chi connectivity index (χ2v) is 8.77. The molecule has 0 saturated heterocycles. The molecule has 0 amide bonds. The molecule has 2 heteroatoms. The van der Waals surface area contributed by atoms with Crippen LogP contribution in [0.4, 0.5) is 0 Å². The zero-order valence-electron chi connectivity index (χ0n) is 12.2. The number of rotatable bonds is 13. The average molecular weight is 275 g/mol. The molecule has 0 rings (SSSR count). The van der Waals surface area contributed by atoms with Crippen molar-refractivity contribution in [3.05, 3.63) is 0 Å². The summed E-state index contributed by atoms with van der Waals surface area (Å²) in [4.78, 5) is 0.734. The van der Waals surface area contributed by atoms with Crippen molar-refractivity contribution < 1.29 is 0 Å². The lowest BCUT2D eigenvalue weighted by Gasteiger charge is -2.04. The molecule has 17 heavy (non-hydrogen) atoms. The van der Waals surface area contributed by atoms with E-state index in [0.717, 1.165) is 4.87 Å². The van der Waals surface area contributed by atoms with Gasteiger partial charge in [-0.05, 0) is 11.3 Å². The van der Waals surface area contributed by atoms with E-state index in [2.05, 4.69) is 19.6 Å². The second kappa shape index (κ2) is 14.6. The van der Waals surface area contributed by atoms with E-state index in [-0.39, 0.29) is 0 Å². The zero-order chi connectivity index (χ0) is 12.8. The Morgan fingerprint density at radius 3 is 1.41 bits per heavy atom. The molecule has 0 bridgehead atoms. The van der Waals surface area contributed by atoms with Crippen molar-refractivity contribution in [3.63, 3.8) is 0 Å². The number of hydrogen-bond acceptors (Lipinski definition) is 1. The predicted octanol–water partition coefficient (Wildman–Crippen LogP) is 4.70. The van der Waals surface area contributed by atoms with Gasteiger partial charge in [0.15, 0.2) is 0 Å². The van der Waals surface area contributed by atoms with Crippen molar-refractivity contribution in [1.29, 1.82) is 0 Å². The van der Waals surface area contributed by atoms with Crippen molar-refractivity contribution in [3.8, 4) is 0 Å². The van der Waals surface area contributed by atoms with Crippen LogP contribution in [0, 0.1) is 0 Å². The van der Waals surface area contributed by atoms with Crippen molar-refractivity contribution >= 4 is 22.9 Å². The molecule has 0 aliphatic carbocycles. The summed E-state index contributed by atoms with van der Waals surface area (Å²) in [7, 11) is 1.25. The molecule has 1 unspecified atom stereocenters. The third kappa shape index (κ3) is 16.6. The lowest BCUT2D eigenvalue weighted by Crippen LogP contribution is -1.95. The van der Waals surface area contributed by atoms with Crippen LogP contribution < -0.4 is 0 Å². The summed E-state index contributed by atoms with van der Waals surface area (Å²) in [6, 6.07) is 0. The average Bonchev–Trinajstić information content (AvgIpc) is 2.30. The Labute approximate surface area is 118 Å². The standard InChI is InChI=1S/C15H34SSi/c1-2-3-4-5-6-7-8-9-10-11-12-13-14-15(16)17/h15-16H,2-14H2,1,17H3. The third-order valence-corrected chi connectivity index (χ3v) is 4.31. The maximum Gasteiger partial charge on any atom is 0.0189 e. The first-order valence-corrected chi connectivity index (χ1v) is 9.62. The maximum atomic E-state index is 4.47. The van der Waals surface area contributed by atoms with Crippen LogP contribution in [0.15, 0.2) is 0 Å². The minimum atomic E-state index is 0.734. The Bertz CT molecular complexity index is 137. The molecule has 1 atom stereocenters. The molecular weight excluding hydrogens is 240 g/mol. The molecule has 0 N–H and O–H groups in total. The van der Waals surface area contributed by atoms with Gasteiger partial charge >= 0.3 is 0 Å². The maximum absolute atomic E-state index is 4.47. The van der Waals surface area contributed by atoms with E-state index in [1.54, 1.807) is 0 Å². The molecule has 0 spiro atoms. The van der Waals surface area contributed by atoms with E-state index in [9.17, 15) is 0 Å². The van der Waals surface area contributed by atoms with Gasteiger partial charge in [0.2, 0.25) is 0 Å². The molecule has 0 fully saturated rings. The van der Waals surface area contributed by atoms with Crippen LogP contribution in [0.1, 0.15) is 90.4 Å². The summed E-state index contributed by atoms with van der Waals surface area (Å²) in [6.07, 6.45) is 18.8. The van der Waals surface area contributed by atoms with Crippen LogP contribution in [-0.4, -0.2) is 15.1 Å². The highest BCUT2D eigenvalue weighted by molar-refractivity contribution is 7.82. The van der Waals surface area contributed by atoms with Crippen LogP contribution in [0.5, 0.6) is 0 Å². The minimum Gasteiger partial charge on any atom is -0.180 e. The Balaban J connectivity index is 2.89. The highest BCUT2D eigenvalue weighted by Gasteiger charge is 1.95. The van der Waals surface area contributed by atoms with Gasteiger partial charge in [0, 0.05) is 10.2 Å². The molecule has 0 saturated carbocycles. The smallest absolute Gasteiger partial charge is 0.0189 e. The van der Waals surface area contributed by atoms with Crippen LogP contribution in [0.25, 0.3) is 0 Å². The van der Waals surface area contributed by atoms with Gasteiger partial charge < -0.3 is 0 Å². The molecule has 0 nitrogen and oxygen atoms in total. The van der Waals surface area contributed by atoms with Crippen molar-refractivity contribution in [2.24, 2.45) is 0 Å². The van der Waals surface area contributed by atoms with Gasteiger partial charge in [-0.2, -0.15) is 12.6 Å². The third-order valence-electron chi connectivity index (χ3n) is 3.48. The Kier molecular flexibility index (Phi) is 15.1. The quantitative estimate of drug-likeness (QED) is 0.281. The fourth-order valence-electron chi connectivity index (χ4n) is 2.28. The highest BCUT2D eigenvalue weighted by atomic mass is 32.1. The summed E-state index contributed by atoms with van der Waals surface area (Å²) in [5.41, 5.74) is 0. The molecule has 0 aliphatic rings. The molecule has 0 aromatic heterocycles. The van der Waals surface area contributed by atoms with E-state index in [1.165, 1.54) is 93.7 Å². The van der Waals surface area contributed by atoms with Gasteiger partial charge in [-0.3, -0.25) is 0 Å². The Hall–Kier alpha value is 0.567. The molecule has 104 valence electrons. The van der Waals surface area contributed by atoms with Crippen LogP contribution in [0.3, 0.4) is 0 Å². The lowest BCUT2D eigenvalue weighted by molar-refractivity contribution is 0.542. The normalized spacial score (nSPS) is 13.1. The fourth-order valence-corrected chi connectivity index (χ4v) is 2.87. The van der Waals surface area contributed by atoms with Crippen molar-refractivity contribution in [2.45, 2.75) is 95.3 Å². The van der Waals surface area contributed by atoms with E-state index in [0.29, 0.717) is 0 Å². The van der Waals surface area contributed by atoms with Crippen molar-refractivity contribution in [2.75, 3.05) is 0 Å². The van der Waals surface area contributed by atoms with Gasteiger partial charge in [-0.15, -0.1) is 0 Å². The van der Waals surface area contributed by atoms with Gasteiger partial charge in [-0.25, -0.2) is 0 Å². The van der Waals surface area contributed by atoms with Crippen LogP contribution >= 0.6 is 12.6 Å². The Morgan fingerprint density at radius 1 is 0.706 bits per heavy atom. The van der Waals surface area contributed by atoms with Crippen molar-refractivity contribution in [1.82, 2.24) is 0 Å². The molecule has 0 radical (unpaired) electrons. The first-order valence-electron chi connectivity index (χ1n) is 7.95. The van der Waals surface area contributed by atoms with E-state index in [1.807, 2.05) is 0 Å². The number of unbranched alkanes of at least 4 members (excludes halogenated alkanes) is 11. The summed E-state index contributed by atoms with van der Waals surface area (Å²) < 4.78 is 0. The van der Waals surface area contributed by atoms with Crippen LogP contribution in [-0.2, 0) is 0 Å². The first kappa shape index (κ1) is 17.6. The van der Waals surface area contributed by atoms with Gasteiger partial charge in [-0.1, -0.05) is 84.0 Å². The summed E-state index contributed by atoms with van der Waals surface area (Å²) >= 11 is 4.47. The Morgan fingerprint density at radius 2 is 1.06 bits per heavy atom. The lowest BCUT2D eigenvalue weighted by atomic mass is 10.0. The van der Waals surface area contributed by atoms with E-state index < -0.39 is 0 Å². The fraction of sp³-hybridized carbons (Fsp3) is 1.00. The summed E-state index contributed by atoms with van der Waals surface area (Å²) in [6.45, 7) is 2.29. The van der Waals surface area contributed by atoms with E-state index >= 15 is 0 Å². The number of hydrogen-bond donors (Lipinski definition) is 1. The number of thiol groups is 1. The molecule has 0 aromatic rings. The first-order chi connectivity index (χ1) is 8.27. The van der Waals surface area contributed by atoms with Crippen LogP contribution in [0.2, 0.25) is 0 Å². The van der Waals surface area contributed by atoms with Gasteiger partial charge in [0.05, 0.1) is 0 Å². The highest BCUT2D eigenvalue weighted by Crippen LogP contribution is 2.13. The molecular formula is C15H34SSi. The molecule has 0 heterocycles. The largest absolute Gasteiger partial charge is 0.180 e. The van der Waals surface area contributed by atoms with Gasteiger partial charge in [0.1, 0.15) is 0 Å². The minimum absolute atomic E-state index is 0.734. The zero-order valence-corrected chi connectivity index (χ0v) is 15.1. The van der Waals surface area contributed by atoms with Gasteiger partial charge in [0.25, 0.3) is 0 Å². The second-order valence-electron chi connectivity index (χ2n) is 5.53. The predicted molar refractivity (Wildman–Crippen MR) is 88.4 cm³/mol. The summed E-state index contributed by atoms with van der Waals surface area (Å²) in [5.74, 6) is 0.